The van der Waals surface area contributed by atoms with Crippen molar-refractivity contribution in [1.82, 2.24) is 0 Å². The standard InChI is InChI=1S/Au.Ca.Cu.Sn.Zn.4H. The van der Waals surface area contributed by atoms with E-state index in [0.29, 0.717) is 0 Å². The molecular formula is H4AuCaCuSnZn. The third-order valence-electron chi connectivity index (χ3n) is 0. The van der Waals surface area contributed by atoms with E-state index in [2.05, 4.69) is 0 Å². The molecule has 34 valence electrons. The Labute approximate surface area is 118 Å². The van der Waals surface area contributed by atoms with Crippen molar-refractivity contribution in [3.63, 3.8) is 0 Å². The van der Waals surface area contributed by atoms with Gasteiger partial charge in [0.25, 0.3) is 0 Å². The van der Waals surface area contributed by atoms with Gasteiger partial charge in [-0.15, -0.1) is 0 Å². The van der Waals surface area contributed by atoms with Crippen molar-refractivity contribution in [2.75, 3.05) is 0 Å². The second-order valence-corrected chi connectivity index (χ2v) is 0. The van der Waals surface area contributed by atoms with Crippen molar-refractivity contribution in [2.45, 2.75) is 0 Å². The average molecular weight is 489 g/mol. The van der Waals surface area contributed by atoms with Gasteiger partial charge in [0, 0.05) is 58.9 Å². The van der Waals surface area contributed by atoms with Gasteiger partial charge in [-0.25, -0.2) is 0 Å². The Morgan fingerprint density at radius 2 is 1.00 bits per heavy atom. The Hall–Kier alpha value is 3.94. The van der Waals surface area contributed by atoms with E-state index < -0.39 is 0 Å². The van der Waals surface area contributed by atoms with E-state index in [0.717, 1.165) is 0 Å². The average Bonchev–Trinajstić information content (AvgIpc) is 0. The summed E-state index contributed by atoms with van der Waals surface area (Å²) in [6, 6.07) is 0. The molecule has 0 saturated heterocycles. The van der Waals surface area contributed by atoms with Gasteiger partial charge in [0.15, 0.2) is 0 Å². The van der Waals surface area contributed by atoms with Crippen LogP contribution < -0.4 is 0 Å². The molecule has 0 aliphatic rings. The molecule has 5 heavy (non-hydrogen) atoms. The van der Waals surface area contributed by atoms with Gasteiger partial charge in [-0.05, 0) is 0 Å². The van der Waals surface area contributed by atoms with Crippen LogP contribution in [0.2, 0.25) is 0 Å². The fraction of sp³-hybridized carbons (Fsp3) is 0. The van der Waals surface area contributed by atoms with Crippen LogP contribution in [0.1, 0.15) is 0 Å². The van der Waals surface area contributed by atoms with E-state index in [9.17, 15) is 0 Å². The molecule has 0 atom stereocenters. The van der Waals surface area contributed by atoms with Gasteiger partial charge in [-0.3, -0.25) is 0 Å². The van der Waals surface area contributed by atoms with Crippen LogP contribution >= 0.6 is 0 Å². The Morgan fingerprint density at radius 1 is 1.00 bits per heavy atom. The van der Waals surface area contributed by atoms with Crippen molar-refractivity contribution in [3.05, 3.63) is 0 Å². The summed E-state index contributed by atoms with van der Waals surface area (Å²) in [7, 11) is 0. The summed E-state index contributed by atoms with van der Waals surface area (Å²) >= 11 is 0. The molecule has 4 radical (unpaired) electrons. The van der Waals surface area contributed by atoms with E-state index in [1.165, 1.54) is 0 Å². The molecule has 0 fully saturated rings. The quantitative estimate of drug-likeness (QED) is 0.352. The predicted octanol–water partition coefficient (Wildman–Crippen LogP) is -1.84. The molecule has 0 N–H and O–H groups in total. The van der Waals surface area contributed by atoms with Crippen molar-refractivity contribution >= 4 is 61.6 Å². The molecule has 0 rings (SSSR count). The monoisotopic (exact) mass is 488 g/mol. The Balaban J connectivity index is 0. The van der Waals surface area contributed by atoms with Crippen molar-refractivity contribution < 1.29 is 58.9 Å². The van der Waals surface area contributed by atoms with E-state index in [-0.39, 0.29) is 121 Å². The van der Waals surface area contributed by atoms with Gasteiger partial charge < -0.3 is 0 Å². The van der Waals surface area contributed by atoms with E-state index in [1.807, 2.05) is 0 Å². The predicted molar refractivity (Wildman–Crippen MR) is 17.1 cm³/mol. The van der Waals surface area contributed by atoms with Gasteiger partial charge >= 0.3 is 61.6 Å². The first-order chi connectivity index (χ1) is 0. The van der Waals surface area contributed by atoms with Crippen LogP contribution in [-0.2, 0) is 58.9 Å². The molecule has 0 nitrogen and oxygen atoms in total. The van der Waals surface area contributed by atoms with Crippen LogP contribution in [0.4, 0.5) is 0 Å². The molecule has 5 heteroatoms. The molecule has 0 aliphatic carbocycles. The van der Waals surface area contributed by atoms with Crippen LogP contribution in [0.5, 0.6) is 0 Å². The normalized spacial score (nSPS) is 0. The summed E-state index contributed by atoms with van der Waals surface area (Å²) < 4.78 is 0. The first-order valence-corrected chi connectivity index (χ1v) is 0. The van der Waals surface area contributed by atoms with Crippen LogP contribution in [0.25, 0.3) is 0 Å². The second-order valence-electron chi connectivity index (χ2n) is 0. The van der Waals surface area contributed by atoms with Crippen molar-refractivity contribution in [1.29, 1.82) is 0 Å². The SMILES string of the molecule is [Au].[CaH2].[Cu].[SnH2].[Zn]. The van der Waals surface area contributed by atoms with Gasteiger partial charge in [0.1, 0.15) is 0 Å². The molecule has 0 amide bonds. The van der Waals surface area contributed by atoms with E-state index in [1.54, 1.807) is 0 Å². The summed E-state index contributed by atoms with van der Waals surface area (Å²) in [6.45, 7) is 0. The minimum atomic E-state index is 0. The molecule has 0 aliphatic heterocycles. The fourth-order valence-corrected chi connectivity index (χ4v) is 0. The zero-order chi connectivity index (χ0) is 0. The third kappa shape index (κ3) is 18.0. The molecule has 0 unspecified atom stereocenters. The topological polar surface area (TPSA) is 0 Å². The zero-order valence-corrected chi connectivity index (χ0v) is 12.1. The largest absolute Gasteiger partial charge is 0 e. The van der Waals surface area contributed by atoms with Crippen molar-refractivity contribution in [3.8, 4) is 0 Å². The Kier molecular flexibility index (Phi) is 179. The van der Waals surface area contributed by atoms with Gasteiger partial charge in [0.2, 0.25) is 0 Å². The first-order valence-electron chi connectivity index (χ1n) is 0. The molecule has 0 heterocycles. The van der Waals surface area contributed by atoms with Crippen LogP contribution in [-0.4, -0.2) is 61.6 Å². The number of hydrogen-bond donors (Lipinski definition) is 0. The fourth-order valence-electron chi connectivity index (χ4n) is 0. The first kappa shape index (κ1) is 36.3. The summed E-state index contributed by atoms with van der Waals surface area (Å²) in [5.41, 5.74) is 0. The van der Waals surface area contributed by atoms with Gasteiger partial charge in [-0.2, -0.15) is 0 Å². The minimum absolute atomic E-state index is 0. The Bertz CT molecular complexity index is 11.6. The molecule has 0 saturated carbocycles. The van der Waals surface area contributed by atoms with Crippen molar-refractivity contribution in [2.24, 2.45) is 0 Å². The van der Waals surface area contributed by atoms with Gasteiger partial charge in [0.05, 0.1) is 0 Å². The van der Waals surface area contributed by atoms with E-state index >= 15 is 0 Å². The molecular weight excluding hydrogens is 485 g/mol. The molecule has 0 aromatic heterocycles. The number of rotatable bonds is 0. The van der Waals surface area contributed by atoms with E-state index in [4.69, 9.17) is 0 Å². The molecule has 0 spiro atoms. The molecule has 0 aromatic carbocycles. The summed E-state index contributed by atoms with van der Waals surface area (Å²) in [5.74, 6) is 0. The zero-order valence-electron chi connectivity index (χ0n) is 2.02. The second kappa shape index (κ2) is 24.6. The summed E-state index contributed by atoms with van der Waals surface area (Å²) in [4.78, 5) is 0. The smallest absolute Gasteiger partial charge is 0 e. The van der Waals surface area contributed by atoms with Crippen LogP contribution in [0, 0.1) is 0 Å². The maximum absolute atomic E-state index is 0. The minimum Gasteiger partial charge on any atom is 0 e. The van der Waals surface area contributed by atoms with Crippen LogP contribution in [0.15, 0.2) is 0 Å². The molecule has 0 aromatic rings. The maximum Gasteiger partial charge on any atom is 0 e. The Morgan fingerprint density at radius 3 is 1.00 bits per heavy atom. The number of hydrogen-bond acceptors (Lipinski definition) is 0. The third-order valence-corrected chi connectivity index (χ3v) is 0. The maximum atomic E-state index is 0. The van der Waals surface area contributed by atoms with Gasteiger partial charge in [-0.1, -0.05) is 0 Å². The summed E-state index contributed by atoms with van der Waals surface area (Å²) in [5, 5.41) is 0. The summed E-state index contributed by atoms with van der Waals surface area (Å²) in [6.07, 6.45) is 0. The molecule has 0 bridgehead atoms. The van der Waals surface area contributed by atoms with Crippen LogP contribution in [0.3, 0.4) is 0 Å².